The number of esters is 1. The van der Waals surface area contributed by atoms with E-state index in [-0.39, 0.29) is 18.5 Å². The van der Waals surface area contributed by atoms with Crippen LogP contribution in [0.3, 0.4) is 0 Å². The van der Waals surface area contributed by atoms with E-state index in [9.17, 15) is 19.8 Å². The van der Waals surface area contributed by atoms with E-state index in [0.29, 0.717) is 19.4 Å². The number of rotatable bonds is 45. The van der Waals surface area contributed by atoms with Gasteiger partial charge in [0, 0.05) is 12.8 Å². The predicted molar refractivity (Wildman–Crippen MR) is 246 cm³/mol. The fourth-order valence-electron chi connectivity index (χ4n) is 7.33. The molecule has 1 amide bonds. The van der Waals surface area contributed by atoms with Gasteiger partial charge in [0.25, 0.3) is 0 Å². The molecule has 57 heavy (non-hydrogen) atoms. The fraction of sp³-hybridized carbons (Fsp3) is 0.843. The highest BCUT2D eigenvalue weighted by molar-refractivity contribution is 5.76. The largest absolute Gasteiger partial charge is 0.466 e. The number of amides is 1. The molecule has 0 fully saturated rings. The van der Waals surface area contributed by atoms with Crippen LogP contribution in [0.5, 0.6) is 0 Å². The number of hydrogen-bond donors (Lipinski definition) is 3. The maximum Gasteiger partial charge on any atom is 0.305 e. The lowest BCUT2D eigenvalue weighted by Gasteiger charge is -2.20. The quantitative estimate of drug-likeness (QED) is 0.0247. The number of carbonyl (C=O) groups excluding carboxylic acids is 2. The summed E-state index contributed by atoms with van der Waals surface area (Å²) in [5.74, 6) is -0.114. The summed E-state index contributed by atoms with van der Waals surface area (Å²) in [6.45, 7) is 4.82. The molecule has 0 aliphatic heterocycles. The lowest BCUT2D eigenvalue weighted by Crippen LogP contribution is -2.45. The van der Waals surface area contributed by atoms with Crippen molar-refractivity contribution in [1.29, 1.82) is 0 Å². The van der Waals surface area contributed by atoms with Gasteiger partial charge in [-0.05, 0) is 64.2 Å². The monoisotopic (exact) mass is 802 g/mol. The molecule has 6 heteroatoms. The van der Waals surface area contributed by atoms with Gasteiger partial charge in [0.05, 0.1) is 25.4 Å². The normalized spacial score (nSPS) is 13.0. The highest BCUT2D eigenvalue weighted by Gasteiger charge is 2.18. The van der Waals surface area contributed by atoms with Gasteiger partial charge in [-0.2, -0.15) is 0 Å². The third-order valence-electron chi connectivity index (χ3n) is 11.2. The second-order valence-corrected chi connectivity index (χ2v) is 16.8. The average molecular weight is 802 g/mol. The minimum absolute atomic E-state index is 0.0210. The Morgan fingerprint density at radius 3 is 1.30 bits per heavy atom. The highest BCUT2D eigenvalue weighted by Crippen LogP contribution is 2.15. The first-order valence-corrected chi connectivity index (χ1v) is 24.8. The number of hydrogen-bond acceptors (Lipinski definition) is 5. The first-order valence-electron chi connectivity index (χ1n) is 24.8. The molecule has 0 aliphatic carbocycles. The lowest BCUT2D eigenvalue weighted by atomic mass is 10.0. The molecule has 0 spiro atoms. The van der Waals surface area contributed by atoms with E-state index in [4.69, 9.17) is 4.74 Å². The number of unbranched alkanes of at least 4 members (excludes halogenated alkanes) is 31. The van der Waals surface area contributed by atoms with Crippen molar-refractivity contribution in [3.63, 3.8) is 0 Å². The van der Waals surface area contributed by atoms with Gasteiger partial charge in [-0.15, -0.1) is 0 Å². The maximum absolute atomic E-state index is 12.4. The summed E-state index contributed by atoms with van der Waals surface area (Å²) in [7, 11) is 0. The van der Waals surface area contributed by atoms with Crippen molar-refractivity contribution in [3.05, 3.63) is 36.5 Å². The van der Waals surface area contributed by atoms with Gasteiger partial charge >= 0.3 is 5.97 Å². The Kier molecular flexibility index (Phi) is 45.2. The molecule has 0 aliphatic rings. The van der Waals surface area contributed by atoms with Crippen LogP contribution in [0.15, 0.2) is 36.5 Å². The molecule has 6 nitrogen and oxygen atoms in total. The smallest absolute Gasteiger partial charge is 0.305 e. The average Bonchev–Trinajstić information content (AvgIpc) is 3.21. The Labute approximate surface area is 353 Å². The Morgan fingerprint density at radius 2 is 0.860 bits per heavy atom. The van der Waals surface area contributed by atoms with Crippen LogP contribution >= 0.6 is 0 Å². The minimum atomic E-state index is -0.856. The number of carbonyl (C=O) groups is 2. The Bertz CT molecular complexity index is 931. The number of ether oxygens (including phenoxy) is 1. The number of nitrogens with one attached hydrogen (secondary N) is 1. The van der Waals surface area contributed by atoms with Crippen molar-refractivity contribution < 1.29 is 24.5 Å². The van der Waals surface area contributed by atoms with Crippen molar-refractivity contribution in [3.8, 4) is 0 Å². The van der Waals surface area contributed by atoms with Crippen LogP contribution in [0.1, 0.15) is 251 Å². The third kappa shape index (κ3) is 43.5. The van der Waals surface area contributed by atoms with Gasteiger partial charge in [-0.1, -0.05) is 211 Å². The van der Waals surface area contributed by atoms with Crippen LogP contribution in [0, 0.1) is 0 Å². The van der Waals surface area contributed by atoms with E-state index >= 15 is 0 Å². The zero-order chi connectivity index (χ0) is 41.5. The molecule has 0 saturated heterocycles. The second kappa shape index (κ2) is 46.8. The zero-order valence-corrected chi connectivity index (χ0v) is 37.8. The van der Waals surface area contributed by atoms with Gasteiger partial charge in [0.15, 0.2) is 0 Å². The van der Waals surface area contributed by atoms with Gasteiger partial charge in [0.2, 0.25) is 5.91 Å². The molecule has 0 bridgehead atoms. The molecule has 0 aromatic heterocycles. The summed E-state index contributed by atoms with van der Waals surface area (Å²) in [6, 6.07) is -0.642. The van der Waals surface area contributed by atoms with Gasteiger partial charge < -0.3 is 20.3 Å². The predicted octanol–water partition coefficient (Wildman–Crippen LogP) is 14.5. The minimum Gasteiger partial charge on any atom is -0.466 e. The molecule has 334 valence electrons. The van der Waals surface area contributed by atoms with Crippen LogP contribution < -0.4 is 5.32 Å². The van der Waals surface area contributed by atoms with Crippen molar-refractivity contribution >= 4 is 11.9 Å². The maximum atomic E-state index is 12.4. The van der Waals surface area contributed by atoms with Crippen LogP contribution in [0.2, 0.25) is 0 Å². The molecule has 0 saturated carbocycles. The molecule has 0 aromatic rings. The summed E-state index contributed by atoms with van der Waals surface area (Å²) < 4.78 is 5.44. The van der Waals surface area contributed by atoms with E-state index in [0.717, 1.165) is 77.0 Å². The molecule has 2 unspecified atom stereocenters. The van der Waals surface area contributed by atoms with Gasteiger partial charge in [-0.25, -0.2) is 0 Å². The van der Waals surface area contributed by atoms with Gasteiger partial charge in [-0.3, -0.25) is 9.59 Å². The van der Waals surface area contributed by atoms with Crippen molar-refractivity contribution in [1.82, 2.24) is 5.32 Å². The van der Waals surface area contributed by atoms with Gasteiger partial charge in [0.1, 0.15) is 0 Å². The summed E-state index contributed by atoms with van der Waals surface area (Å²) in [5, 5.41) is 22.9. The van der Waals surface area contributed by atoms with E-state index in [1.54, 1.807) is 6.08 Å². The topological polar surface area (TPSA) is 95.9 Å². The fourth-order valence-corrected chi connectivity index (χ4v) is 7.33. The standard InChI is InChI=1S/C51H95NO5/c1-3-5-7-9-11-13-15-16-18-22-25-29-33-37-41-45-51(56)57-46-42-38-34-30-26-23-20-17-19-21-24-28-32-36-40-44-50(55)52-48(47-53)49(54)43-39-35-31-27-14-12-10-8-6-4-2/h17,20,23,26,39,43,48-49,53-54H,3-16,18-19,21-22,24-25,27-38,40-42,44-47H2,1-2H3,(H,52,55)/b20-17-,26-23-,43-39+. The van der Waals surface area contributed by atoms with Crippen molar-refractivity contribution in [2.24, 2.45) is 0 Å². The van der Waals surface area contributed by atoms with Crippen molar-refractivity contribution in [2.75, 3.05) is 13.2 Å². The van der Waals surface area contributed by atoms with Crippen LogP contribution in [0.25, 0.3) is 0 Å². The molecule has 0 heterocycles. The Morgan fingerprint density at radius 1 is 0.491 bits per heavy atom. The molecule has 0 aromatic carbocycles. The summed E-state index contributed by atoms with van der Waals surface area (Å²) >= 11 is 0. The molecular formula is C51H95NO5. The number of aliphatic hydroxyl groups is 2. The molecule has 2 atom stereocenters. The van der Waals surface area contributed by atoms with Crippen LogP contribution in [-0.4, -0.2) is 47.4 Å². The van der Waals surface area contributed by atoms with E-state index in [1.165, 1.54) is 148 Å². The third-order valence-corrected chi connectivity index (χ3v) is 11.2. The molecule has 0 radical (unpaired) electrons. The second-order valence-electron chi connectivity index (χ2n) is 16.8. The summed E-state index contributed by atoms with van der Waals surface area (Å²) in [4.78, 5) is 24.4. The molecular weight excluding hydrogens is 707 g/mol. The zero-order valence-electron chi connectivity index (χ0n) is 37.8. The first kappa shape index (κ1) is 55.1. The summed E-state index contributed by atoms with van der Waals surface area (Å²) in [6.07, 6.45) is 55.7. The number of aliphatic hydroxyl groups excluding tert-OH is 2. The molecule has 0 rings (SSSR count). The lowest BCUT2D eigenvalue weighted by molar-refractivity contribution is -0.143. The molecule has 3 N–H and O–H groups in total. The highest BCUT2D eigenvalue weighted by atomic mass is 16.5. The van der Waals surface area contributed by atoms with E-state index in [1.807, 2.05) is 6.08 Å². The van der Waals surface area contributed by atoms with Crippen LogP contribution in [0.4, 0.5) is 0 Å². The Balaban J connectivity index is 3.53. The first-order chi connectivity index (χ1) is 28.0. The number of allylic oxidation sites excluding steroid dienone is 5. The summed E-state index contributed by atoms with van der Waals surface area (Å²) in [5.41, 5.74) is 0. The Hall–Kier alpha value is -1.92. The van der Waals surface area contributed by atoms with Crippen molar-refractivity contribution in [2.45, 2.75) is 264 Å². The van der Waals surface area contributed by atoms with E-state index in [2.05, 4.69) is 43.5 Å². The SMILES string of the molecule is CCCCCCCCCC/C=C/C(O)C(CO)NC(=O)CCCCCCCC/C=C\C=C/CCCCCOC(=O)CCCCCCCCCCCCCCCCC. The van der Waals surface area contributed by atoms with E-state index < -0.39 is 12.1 Å². The van der Waals surface area contributed by atoms with Crippen LogP contribution in [-0.2, 0) is 14.3 Å².